The maximum absolute atomic E-state index is 13.3. The van der Waals surface area contributed by atoms with Crippen molar-refractivity contribution in [3.05, 3.63) is 70.7 Å². The Hall–Kier alpha value is -2.37. The molecule has 1 aliphatic rings. The van der Waals surface area contributed by atoms with Crippen molar-refractivity contribution in [2.24, 2.45) is 0 Å². The Labute approximate surface area is 183 Å². The second-order valence-electron chi connectivity index (χ2n) is 7.59. The normalized spacial score (nSPS) is 16.8. The van der Waals surface area contributed by atoms with E-state index in [0.29, 0.717) is 24.5 Å². The molecule has 30 heavy (non-hydrogen) atoms. The van der Waals surface area contributed by atoms with Crippen LogP contribution < -0.4 is 5.32 Å². The molecule has 6 heteroatoms. The quantitative estimate of drug-likeness (QED) is 0.639. The summed E-state index contributed by atoms with van der Waals surface area (Å²) in [6.07, 6.45) is 3.10. The van der Waals surface area contributed by atoms with Gasteiger partial charge in [0.1, 0.15) is 6.04 Å². The number of amides is 2. The van der Waals surface area contributed by atoms with Crippen LogP contribution in [0.3, 0.4) is 0 Å². The van der Waals surface area contributed by atoms with E-state index in [1.54, 1.807) is 17.0 Å². The van der Waals surface area contributed by atoms with Crippen LogP contribution in [0, 0.1) is 0 Å². The molecule has 0 aromatic heterocycles. The number of nitrogens with one attached hydrogen (secondary N) is 1. The van der Waals surface area contributed by atoms with Gasteiger partial charge in [0.05, 0.1) is 6.10 Å². The number of ether oxygens (including phenoxy) is 1. The van der Waals surface area contributed by atoms with Gasteiger partial charge in [-0.2, -0.15) is 0 Å². The SMILES string of the molecule is CCCC(=O)N(Cc1ccc(Cl)cc1)C(C(=O)NCC1CCCO1)c1ccccc1. The molecule has 1 saturated heterocycles. The van der Waals surface area contributed by atoms with E-state index in [1.807, 2.05) is 49.4 Å². The van der Waals surface area contributed by atoms with Gasteiger partial charge in [-0.25, -0.2) is 0 Å². The first-order valence-corrected chi connectivity index (χ1v) is 10.9. The van der Waals surface area contributed by atoms with Crippen LogP contribution in [0.25, 0.3) is 0 Å². The zero-order chi connectivity index (χ0) is 21.3. The van der Waals surface area contributed by atoms with E-state index in [-0.39, 0.29) is 17.9 Å². The molecular weight excluding hydrogens is 400 g/mol. The number of hydrogen-bond acceptors (Lipinski definition) is 3. The Kier molecular flexibility index (Phi) is 8.29. The first kappa shape index (κ1) is 22.3. The lowest BCUT2D eigenvalue weighted by molar-refractivity contribution is -0.141. The summed E-state index contributed by atoms with van der Waals surface area (Å²) in [6.45, 7) is 3.50. The number of halogens is 1. The minimum atomic E-state index is -0.706. The van der Waals surface area contributed by atoms with E-state index < -0.39 is 6.04 Å². The smallest absolute Gasteiger partial charge is 0.247 e. The highest BCUT2D eigenvalue weighted by atomic mass is 35.5. The molecule has 1 aliphatic heterocycles. The van der Waals surface area contributed by atoms with Crippen molar-refractivity contribution in [3.63, 3.8) is 0 Å². The standard InChI is InChI=1S/C24H29ClN2O3/c1-2-7-22(28)27(17-18-11-13-20(25)14-12-18)23(19-8-4-3-5-9-19)24(29)26-16-21-10-6-15-30-21/h3-5,8-9,11-14,21,23H,2,6-7,10,15-17H2,1H3,(H,26,29). The Bertz CT molecular complexity index is 820. The van der Waals surface area contributed by atoms with Crippen molar-refractivity contribution >= 4 is 23.4 Å². The summed E-state index contributed by atoms with van der Waals surface area (Å²) in [5, 5.41) is 3.65. The minimum absolute atomic E-state index is 0.0430. The number of hydrogen-bond donors (Lipinski definition) is 1. The van der Waals surface area contributed by atoms with Gasteiger partial charge in [-0.3, -0.25) is 9.59 Å². The van der Waals surface area contributed by atoms with E-state index in [2.05, 4.69) is 5.32 Å². The van der Waals surface area contributed by atoms with E-state index >= 15 is 0 Å². The van der Waals surface area contributed by atoms with Gasteiger partial charge in [-0.15, -0.1) is 0 Å². The monoisotopic (exact) mass is 428 g/mol. The van der Waals surface area contributed by atoms with Gasteiger partial charge in [0.15, 0.2) is 0 Å². The lowest BCUT2D eigenvalue weighted by Gasteiger charge is -2.32. The van der Waals surface area contributed by atoms with Crippen molar-refractivity contribution < 1.29 is 14.3 Å². The van der Waals surface area contributed by atoms with Gasteiger partial charge in [0, 0.05) is 31.1 Å². The highest BCUT2D eigenvalue weighted by Crippen LogP contribution is 2.25. The Morgan fingerprint density at radius 3 is 2.53 bits per heavy atom. The molecule has 0 radical (unpaired) electrons. The fourth-order valence-electron chi connectivity index (χ4n) is 3.69. The molecule has 0 saturated carbocycles. The number of carbonyl (C=O) groups excluding carboxylic acids is 2. The third-order valence-corrected chi connectivity index (χ3v) is 5.51. The average Bonchev–Trinajstić information content (AvgIpc) is 3.28. The molecule has 1 N–H and O–H groups in total. The summed E-state index contributed by atoms with van der Waals surface area (Å²) < 4.78 is 5.63. The van der Waals surface area contributed by atoms with Gasteiger partial charge in [-0.1, -0.05) is 61.0 Å². The predicted molar refractivity (Wildman–Crippen MR) is 118 cm³/mol. The van der Waals surface area contributed by atoms with Crippen LogP contribution in [0.2, 0.25) is 5.02 Å². The molecule has 0 spiro atoms. The highest BCUT2D eigenvalue weighted by molar-refractivity contribution is 6.30. The van der Waals surface area contributed by atoms with Gasteiger partial charge >= 0.3 is 0 Å². The summed E-state index contributed by atoms with van der Waals surface area (Å²) in [7, 11) is 0. The van der Waals surface area contributed by atoms with Crippen LogP contribution in [0.5, 0.6) is 0 Å². The van der Waals surface area contributed by atoms with E-state index in [9.17, 15) is 9.59 Å². The Morgan fingerprint density at radius 1 is 1.17 bits per heavy atom. The molecule has 2 aromatic rings. The largest absolute Gasteiger partial charge is 0.376 e. The molecule has 3 rings (SSSR count). The van der Waals surface area contributed by atoms with Gasteiger partial charge in [-0.05, 0) is 42.5 Å². The highest BCUT2D eigenvalue weighted by Gasteiger charge is 2.31. The number of carbonyl (C=O) groups is 2. The number of nitrogens with zero attached hydrogens (tertiary/aromatic N) is 1. The summed E-state index contributed by atoms with van der Waals surface area (Å²) in [4.78, 5) is 28.1. The van der Waals surface area contributed by atoms with Crippen molar-refractivity contribution in [2.45, 2.75) is 51.3 Å². The average molecular weight is 429 g/mol. The third-order valence-electron chi connectivity index (χ3n) is 5.25. The molecule has 0 aliphatic carbocycles. The fraction of sp³-hybridized carbons (Fsp3) is 0.417. The second-order valence-corrected chi connectivity index (χ2v) is 8.03. The third kappa shape index (κ3) is 6.07. The molecule has 2 amide bonds. The van der Waals surface area contributed by atoms with Crippen LogP contribution in [-0.4, -0.2) is 36.0 Å². The van der Waals surface area contributed by atoms with Crippen molar-refractivity contribution in [1.29, 1.82) is 0 Å². The van der Waals surface area contributed by atoms with Crippen LogP contribution >= 0.6 is 11.6 Å². The van der Waals surface area contributed by atoms with Crippen LogP contribution in [0.4, 0.5) is 0 Å². The lowest BCUT2D eigenvalue weighted by atomic mass is 10.0. The molecular formula is C24H29ClN2O3. The maximum atomic E-state index is 13.3. The van der Waals surface area contributed by atoms with E-state index in [1.165, 1.54) is 0 Å². The van der Waals surface area contributed by atoms with Crippen molar-refractivity contribution in [3.8, 4) is 0 Å². The zero-order valence-electron chi connectivity index (χ0n) is 17.4. The molecule has 2 atom stereocenters. The molecule has 5 nitrogen and oxygen atoms in total. The van der Waals surface area contributed by atoms with E-state index in [4.69, 9.17) is 16.3 Å². The van der Waals surface area contributed by atoms with Crippen molar-refractivity contribution in [1.82, 2.24) is 10.2 Å². The summed E-state index contributed by atoms with van der Waals surface area (Å²) in [5.41, 5.74) is 1.72. The molecule has 0 bridgehead atoms. The van der Waals surface area contributed by atoms with Gasteiger partial charge in [0.2, 0.25) is 11.8 Å². The summed E-state index contributed by atoms with van der Waals surface area (Å²) in [5.74, 6) is -0.233. The van der Waals surface area contributed by atoms with Gasteiger partial charge in [0.25, 0.3) is 0 Å². The molecule has 2 aromatic carbocycles. The predicted octanol–water partition coefficient (Wildman–Crippen LogP) is 4.51. The van der Waals surface area contributed by atoms with Crippen LogP contribution in [0.15, 0.2) is 54.6 Å². The van der Waals surface area contributed by atoms with Crippen LogP contribution in [-0.2, 0) is 20.9 Å². The van der Waals surface area contributed by atoms with Crippen LogP contribution in [0.1, 0.15) is 49.8 Å². The summed E-state index contributed by atoms with van der Waals surface area (Å²) >= 11 is 6.02. The molecule has 1 heterocycles. The molecule has 160 valence electrons. The number of benzene rings is 2. The fourth-order valence-corrected chi connectivity index (χ4v) is 3.82. The first-order valence-electron chi connectivity index (χ1n) is 10.6. The lowest BCUT2D eigenvalue weighted by Crippen LogP contribution is -2.45. The maximum Gasteiger partial charge on any atom is 0.247 e. The van der Waals surface area contributed by atoms with Crippen molar-refractivity contribution in [2.75, 3.05) is 13.2 Å². The second kappa shape index (κ2) is 11.1. The Balaban J connectivity index is 1.87. The Morgan fingerprint density at radius 2 is 1.90 bits per heavy atom. The minimum Gasteiger partial charge on any atom is -0.376 e. The summed E-state index contributed by atoms with van der Waals surface area (Å²) in [6, 6.07) is 16.1. The molecule has 2 unspecified atom stereocenters. The zero-order valence-corrected chi connectivity index (χ0v) is 18.1. The first-order chi connectivity index (χ1) is 14.6. The molecule has 1 fully saturated rings. The van der Waals surface area contributed by atoms with Gasteiger partial charge < -0.3 is 15.0 Å². The van der Waals surface area contributed by atoms with E-state index in [0.717, 1.165) is 37.0 Å². The number of rotatable bonds is 9. The topological polar surface area (TPSA) is 58.6 Å².